The molecule has 2 amide bonds. The maximum atomic E-state index is 13.9. The molecule has 2 aliphatic rings. The van der Waals surface area contributed by atoms with Gasteiger partial charge in [0, 0.05) is 11.1 Å². The number of furan rings is 1. The van der Waals surface area contributed by atoms with Crippen molar-refractivity contribution in [1.29, 1.82) is 0 Å². The smallest absolute Gasteiger partial charge is 0.240 e. The highest BCUT2D eigenvalue weighted by atomic mass is 32.2. The minimum Gasteiger partial charge on any atom is -0.467 e. The van der Waals surface area contributed by atoms with Gasteiger partial charge in [-0.1, -0.05) is 48.5 Å². The lowest BCUT2D eigenvalue weighted by Gasteiger charge is -2.23. The van der Waals surface area contributed by atoms with Crippen LogP contribution >= 0.6 is 11.8 Å². The molecule has 2 aliphatic heterocycles. The van der Waals surface area contributed by atoms with Crippen LogP contribution in [0.1, 0.15) is 27.7 Å². The molecular formula is C33H28N4O5S. The molecule has 7 rings (SSSR count). The van der Waals surface area contributed by atoms with E-state index < -0.39 is 0 Å². The molecule has 1 atom stereocenters. The van der Waals surface area contributed by atoms with Gasteiger partial charge in [0.25, 0.3) is 0 Å². The number of rotatable bonds is 7. The van der Waals surface area contributed by atoms with Crippen molar-refractivity contribution in [3.8, 4) is 28.4 Å². The van der Waals surface area contributed by atoms with E-state index in [0.29, 0.717) is 23.1 Å². The van der Waals surface area contributed by atoms with Gasteiger partial charge in [-0.2, -0.15) is 5.10 Å². The molecule has 0 fully saturated rings. The van der Waals surface area contributed by atoms with Crippen LogP contribution in [0.4, 0.5) is 5.82 Å². The predicted molar refractivity (Wildman–Crippen MR) is 164 cm³/mol. The van der Waals surface area contributed by atoms with Gasteiger partial charge in [-0.15, -0.1) is 11.8 Å². The number of nitrogens with zero attached hydrogens (tertiary/aromatic N) is 3. The van der Waals surface area contributed by atoms with Gasteiger partial charge in [-0.3, -0.25) is 14.5 Å². The lowest BCUT2D eigenvalue weighted by molar-refractivity contribution is -0.123. The number of carbonyl (C=O) groups excluding carboxylic acids is 2. The third-order valence-electron chi connectivity index (χ3n) is 7.42. The monoisotopic (exact) mass is 592 g/mol. The Morgan fingerprint density at radius 1 is 1.00 bits per heavy atom. The van der Waals surface area contributed by atoms with Crippen LogP contribution in [0.25, 0.3) is 16.9 Å². The number of aromatic nitrogens is 2. The van der Waals surface area contributed by atoms with E-state index in [4.69, 9.17) is 19.0 Å². The Balaban J connectivity index is 1.41. The summed E-state index contributed by atoms with van der Waals surface area (Å²) in [7, 11) is 0. The zero-order valence-electron chi connectivity index (χ0n) is 23.4. The first-order chi connectivity index (χ1) is 21.0. The van der Waals surface area contributed by atoms with Crippen LogP contribution in [0.15, 0.2) is 95.6 Å². The minimum atomic E-state index is -0.305. The fourth-order valence-corrected chi connectivity index (χ4v) is 6.59. The topological polar surface area (TPSA) is 98.8 Å². The zero-order valence-corrected chi connectivity index (χ0v) is 24.2. The van der Waals surface area contributed by atoms with E-state index >= 15 is 0 Å². The van der Waals surface area contributed by atoms with Crippen LogP contribution in [0, 0.1) is 6.92 Å². The molecule has 0 spiro atoms. The molecule has 3 aromatic carbocycles. The van der Waals surface area contributed by atoms with Crippen molar-refractivity contribution >= 4 is 29.4 Å². The molecule has 43 heavy (non-hydrogen) atoms. The Labute approximate surface area is 252 Å². The van der Waals surface area contributed by atoms with E-state index in [0.717, 1.165) is 33.6 Å². The van der Waals surface area contributed by atoms with Crippen molar-refractivity contribution in [2.24, 2.45) is 0 Å². The van der Waals surface area contributed by atoms with Crippen molar-refractivity contribution in [3.63, 3.8) is 0 Å². The maximum Gasteiger partial charge on any atom is 0.240 e. The molecule has 2 aromatic heterocycles. The normalized spacial score (nSPS) is 15.7. The number of benzene rings is 3. The van der Waals surface area contributed by atoms with Gasteiger partial charge in [-0.25, -0.2) is 4.68 Å². The minimum absolute atomic E-state index is 0.168. The molecule has 10 heteroatoms. The number of fused-ring (bicyclic) bond motifs is 2. The first-order valence-electron chi connectivity index (χ1n) is 13.9. The largest absolute Gasteiger partial charge is 0.467 e. The summed E-state index contributed by atoms with van der Waals surface area (Å²) in [6.45, 7) is 2.23. The summed E-state index contributed by atoms with van der Waals surface area (Å²) in [5.74, 6) is 2.23. The Kier molecular flexibility index (Phi) is 7.12. The third-order valence-corrected chi connectivity index (χ3v) is 8.68. The Bertz CT molecular complexity index is 1800. The molecule has 0 bridgehead atoms. The van der Waals surface area contributed by atoms with Gasteiger partial charge in [-0.05, 0) is 54.4 Å². The fraction of sp³-hybridized carbons (Fsp3) is 0.182. The molecule has 216 valence electrons. The molecular weight excluding hydrogens is 564 g/mol. The van der Waals surface area contributed by atoms with Gasteiger partial charge in [0.2, 0.25) is 18.6 Å². The van der Waals surface area contributed by atoms with E-state index in [1.54, 1.807) is 28.0 Å². The van der Waals surface area contributed by atoms with Crippen LogP contribution in [0.3, 0.4) is 0 Å². The number of amides is 2. The van der Waals surface area contributed by atoms with Crippen LogP contribution in [-0.4, -0.2) is 40.7 Å². The van der Waals surface area contributed by atoms with Crippen molar-refractivity contribution < 1.29 is 23.5 Å². The van der Waals surface area contributed by atoms with E-state index in [1.165, 1.54) is 11.8 Å². The third kappa shape index (κ3) is 5.25. The summed E-state index contributed by atoms with van der Waals surface area (Å²) in [6.07, 6.45) is 1.56. The first kappa shape index (κ1) is 26.9. The Morgan fingerprint density at radius 3 is 2.67 bits per heavy atom. The fourth-order valence-electron chi connectivity index (χ4n) is 5.41. The number of ether oxygens (including phenoxy) is 2. The molecule has 0 saturated carbocycles. The SMILES string of the molecule is Cc1cccc(-n2nc(-c3ccccc3)c3c2N(CC(=O)NCc2ccco2)C(=O)CSC3c2ccc3c(c2)OCO3)c1. The Morgan fingerprint density at radius 2 is 1.86 bits per heavy atom. The molecule has 4 heterocycles. The zero-order chi connectivity index (χ0) is 29.3. The molecule has 0 aliphatic carbocycles. The van der Waals surface area contributed by atoms with Crippen molar-refractivity contribution in [3.05, 3.63) is 114 Å². The molecule has 5 aromatic rings. The van der Waals surface area contributed by atoms with E-state index in [2.05, 4.69) is 5.32 Å². The maximum absolute atomic E-state index is 13.9. The number of aryl methyl sites for hydroxylation is 1. The van der Waals surface area contributed by atoms with Gasteiger partial charge >= 0.3 is 0 Å². The summed E-state index contributed by atoms with van der Waals surface area (Å²) in [4.78, 5) is 28.8. The number of hydrogen-bond donors (Lipinski definition) is 1. The predicted octanol–water partition coefficient (Wildman–Crippen LogP) is 5.66. The van der Waals surface area contributed by atoms with E-state index in [1.807, 2.05) is 79.7 Å². The Hall–Kier alpha value is -4.96. The average Bonchev–Trinajstić information content (AvgIpc) is 3.78. The first-order valence-corrected chi connectivity index (χ1v) is 15.0. The van der Waals surface area contributed by atoms with Crippen molar-refractivity contribution in [2.75, 3.05) is 24.0 Å². The summed E-state index contributed by atoms with van der Waals surface area (Å²) >= 11 is 1.51. The number of nitrogens with one attached hydrogen (secondary N) is 1. The van der Waals surface area contributed by atoms with E-state index in [9.17, 15) is 9.59 Å². The van der Waals surface area contributed by atoms with Crippen molar-refractivity contribution in [2.45, 2.75) is 18.7 Å². The van der Waals surface area contributed by atoms with Crippen molar-refractivity contribution in [1.82, 2.24) is 15.1 Å². The van der Waals surface area contributed by atoms with E-state index in [-0.39, 0.29) is 42.7 Å². The summed E-state index contributed by atoms with van der Waals surface area (Å²) in [5, 5.41) is 7.76. The quantitative estimate of drug-likeness (QED) is 0.261. The second kappa shape index (κ2) is 11.4. The molecule has 0 saturated heterocycles. The van der Waals surface area contributed by atoms with Crippen LogP contribution in [-0.2, 0) is 16.1 Å². The number of anilines is 1. The van der Waals surface area contributed by atoms with Gasteiger partial charge in [0.1, 0.15) is 18.1 Å². The summed E-state index contributed by atoms with van der Waals surface area (Å²) in [6, 6.07) is 27.3. The van der Waals surface area contributed by atoms with Crippen LogP contribution in [0.5, 0.6) is 11.5 Å². The molecule has 1 unspecified atom stereocenters. The highest BCUT2D eigenvalue weighted by Gasteiger charge is 2.38. The second-order valence-electron chi connectivity index (χ2n) is 10.3. The summed E-state index contributed by atoms with van der Waals surface area (Å²) < 4.78 is 18.5. The van der Waals surface area contributed by atoms with Crippen LogP contribution in [0.2, 0.25) is 0 Å². The average molecular weight is 593 g/mol. The molecule has 1 N–H and O–H groups in total. The second-order valence-corrected chi connectivity index (χ2v) is 11.4. The number of carbonyl (C=O) groups is 2. The van der Waals surface area contributed by atoms with Gasteiger partial charge in [0.15, 0.2) is 11.5 Å². The van der Waals surface area contributed by atoms with Crippen LogP contribution < -0.4 is 19.7 Å². The lowest BCUT2D eigenvalue weighted by atomic mass is 9.99. The highest BCUT2D eigenvalue weighted by Crippen LogP contribution is 2.50. The van der Waals surface area contributed by atoms with Gasteiger partial charge < -0.3 is 19.2 Å². The lowest BCUT2D eigenvalue weighted by Crippen LogP contribution is -2.42. The molecule has 0 radical (unpaired) electrons. The number of hydrogen-bond acceptors (Lipinski definition) is 7. The standard InChI is InChI=1S/C33H28N4O5S/c1-21-7-5-10-24(15-21)37-33-30(31(35-37)22-8-3-2-4-9-22)32(23-12-13-26-27(16-23)42-20-41-26)43-19-29(39)36(33)18-28(38)34-17-25-11-6-14-40-25/h2-16,32H,17-20H2,1H3,(H,34,38). The number of thioether (sulfide) groups is 1. The summed E-state index contributed by atoms with van der Waals surface area (Å²) in [5.41, 5.74) is 5.29. The van der Waals surface area contributed by atoms with Gasteiger partial charge in [0.05, 0.1) is 35.2 Å². The highest BCUT2D eigenvalue weighted by molar-refractivity contribution is 8.00. The molecule has 9 nitrogen and oxygen atoms in total.